The number of hydrogen-bond acceptors (Lipinski definition) is 2. The zero-order valence-electron chi connectivity index (χ0n) is 10.0. The second kappa shape index (κ2) is 5.88. The third-order valence-electron chi connectivity index (χ3n) is 2.45. The molecule has 4 nitrogen and oxygen atoms in total. The van der Waals surface area contributed by atoms with Crippen LogP contribution >= 0.6 is 0 Å². The minimum absolute atomic E-state index is 0.207. The van der Waals surface area contributed by atoms with Gasteiger partial charge in [0.05, 0.1) is 0 Å². The molecule has 0 unspecified atom stereocenters. The van der Waals surface area contributed by atoms with Gasteiger partial charge in [0, 0.05) is 31.8 Å². The largest absolute Gasteiger partial charge is 0.389 e. The van der Waals surface area contributed by atoms with Crippen LogP contribution < -0.4 is 11.2 Å². The molecule has 0 saturated heterocycles. The monoisotopic (exact) mass is 264 g/mol. The summed E-state index contributed by atoms with van der Waals surface area (Å²) in [5.41, 5.74) is -1.11. The molecule has 1 aromatic rings. The molecule has 7 heteroatoms. The molecule has 0 radical (unpaired) electrons. The molecule has 0 aliphatic rings. The fraction of sp³-hybridized carbons (Fsp3) is 0.636. The molecular weight excluding hydrogens is 249 g/mol. The van der Waals surface area contributed by atoms with Crippen molar-refractivity contribution >= 4 is 0 Å². The molecule has 0 N–H and O–H groups in total. The summed E-state index contributed by atoms with van der Waals surface area (Å²) in [6.45, 7) is 2.10. The highest BCUT2D eigenvalue weighted by Gasteiger charge is 2.26. The topological polar surface area (TPSA) is 44.0 Å². The Balaban J connectivity index is 2.85. The van der Waals surface area contributed by atoms with E-state index in [0.29, 0.717) is 13.0 Å². The van der Waals surface area contributed by atoms with Gasteiger partial charge in [0.15, 0.2) is 0 Å². The number of nitrogens with zero attached hydrogens (tertiary/aromatic N) is 2. The second-order valence-electron chi connectivity index (χ2n) is 4.00. The van der Waals surface area contributed by atoms with E-state index < -0.39 is 23.8 Å². The van der Waals surface area contributed by atoms with Gasteiger partial charge in [-0.2, -0.15) is 13.2 Å². The summed E-state index contributed by atoms with van der Waals surface area (Å²) < 4.78 is 38.1. The summed E-state index contributed by atoms with van der Waals surface area (Å²) in [6.07, 6.45) is -3.45. The predicted octanol–water partition coefficient (Wildman–Crippen LogP) is 1.76. The quantitative estimate of drug-likeness (QED) is 0.813. The van der Waals surface area contributed by atoms with Crippen LogP contribution in [0.4, 0.5) is 13.2 Å². The van der Waals surface area contributed by atoms with Gasteiger partial charge in [0.25, 0.3) is 5.56 Å². The average Bonchev–Trinajstić information content (AvgIpc) is 2.26. The van der Waals surface area contributed by atoms with E-state index in [4.69, 9.17) is 0 Å². The maximum absolute atomic E-state index is 12.0. The van der Waals surface area contributed by atoms with Crippen molar-refractivity contribution in [2.24, 2.45) is 0 Å². The van der Waals surface area contributed by atoms with Crippen LogP contribution in [0.25, 0.3) is 0 Å². The van der Waals surface area contributed by atoms with E-state index in [0.717, 1.165) is 4.57 Å². The minimum atomic E-state index is -4.26. The molecule has 0 aromatic carbocycles. The number of aryl methyl sites for hydroxylation is 1. The van der Waals surface area contributed by atoms with Gasteiger partial charge < -0.3 is 4.57 Å². The van der Waals surface area contributed by atoms with Crippen molar-refractivity contribution in [3.05, 3.63) is 33.1 Å². The van der Waals surface area contributed by atoms with Gasteiger partial charge in [0.1, 0.15) is 0 Å². The summed E-state index contributed by atoms with van der Waals surface area (Å²) in [6, 6.07) is 1.20. The average molecular weight is 264 g/mol. The first-order chi connectivity index (χ1) is 8.35. The number of halogens is 3. The lowest BCUT2D eigenvalue weighted by Gasteiger charge is -2.10. The number of hydrogen-bond donors (Lipinski definition) is 0. The van der Waals surface area contributed by atoms with Gasteiger partial charge in [-0.15, -0.1) is 0 Å². The van der Waals surface area contributed by atoms with E-state index in [2.05, 4.69) is 0 Å². The summed E-state index contributed by atoms with van der Waals surface area (Å²) >= 11 is 0. The maximum atomic E-state index is 12.0. The smallest absolute Gasteiger partial charge is 0.300 e. The van der Waals surface area contributed by atoms with Crippen molar-refractivity contribution in [3.8, 4) is 0 Å². The Morgan fingerprint density at radius 2 is 1.89 bits per heavy atom. The molecule has 0 saturated carbocycles. The van der Waals surface area contributed by atoms with Crippen molar-refractivity contribution in [1.82, 2.24) is 9.13 Å². The fourth-order valence-corrected chi connectivity index (χ4v) is 1.61. The Hall–Kier alpha value is -1.53. The zero-order valence-corrected chi connectivity index (χ0v) is 10.0. The second-order valence-corrected chi connectivity index (χ2v) is 4.00. The molecule has 102 valence electrons. The van der Waals surface area contributed by atoms with Gasteiger partial charge in [-0.1, -0.05) is 6.92 Å². The Kier molecular flexibility index (Phi) is 4.75. The van der Waals surface area contributed by atoms with E-state index in [9.17, 15) is 22.8 Å². The van der Waals surface area contributed by atoms with E-state index in [1.165, 1.54) is 16.8 Å². The molecule has 1 rings (SSSR count). The van der Waals surface area contributed by atoms with Crippen LogP contribution in [0.2, 0.25) is 0 Å². The van der Waals surface area contributed by atoms with Crippen molar-refractivity contribution in [2.75, 3.05) is 0 Å². The highest BCUT2D eigenvalue weighted by atomic mass is 19.4. The Labute approximate surface area is 102 Å². The Morgan fingerprint density at radius 1 is 1.22 bits per heavy atom. The lowest BCUT2D eigenvalue weighted by Crippen LogP contribution is -2.39. The van der Waals surface area contributed by atoms with Gasteiger partial charge in [-0.3, -0.25) is 9.36 Å². The van der Waals surface area contributed by atoms with Gasteiger partial charge in [0.2, 0.25) is 0 Å². The van der Waals surface area contributed by atoms with Gasteiger partial charge in [-0.05, 0) is 12.8 Å². The van der Waals surface area contributed by atoms with Crippen LogP contribution in [0.5, 0.6) is 0 Å². The van der Waals surface area contributed by atoms with Gasteiger partial charge in [-0.25, -0.2) is 4.79 Å². The summed E-state index contributed by atoms with van der Waals surface area (Å²) in [5, 5.41) is 0. The molecular formula is C11H15F3N2O2. The summed E-state index contributed by atoms with van der Waals surface area (Å²) in [4.78, 5) is 23.2. The van der Waals surface area contributed by atoms with Crippen LogP contribution in [0.15, 0.2) is 21.9 Å². The first-order valence-electron chi connectivity index (χ1n) is 5.72. The fourth-order valence-electron chi connectivity index (χ4n) is 1.61. The zero-order chi connectivity index (χ0) is 13.8. The highest BCUT2D eigenvalue weighted by molar-refractivity contribution is 4.86. The molecule has 0 atom stereocenters. The molecule has 0 bridgehead atoms. The van der Waals surface area contributed by atoms with Crippen molar-refractivity contribution < 1.29 is 13.2 Å². The minimum Gasteiger partial charge on any atom is -0.300 e. The standard InChI is InChI=1S/C11H15F3N2O2/c1-2-6-15-8-4-9(17)16(10(15)18)7-3-5-11(12,13)14/h4,8H,2-3,5-7H2,1H3. The molecule has 0 amide bonds. The normalized spacial score (nSPS) is 11.8. The lowest BCUT2D eigenvalue weighted by atomic mass is 10.3. The first-order valence-corrected chi connectivity index (χ1v) is 5.72. The van der Waals surface area contributed by atoms with Crippen LogP contribution in [0.3, 0.4) is 0 Å². The van der Waals surface area contributed by atoms with E-state index >= 15 is 0 Å². The van der Waals surface area contributed by atoms with Crippen LogP contribution in [0, 0.1) is 0 Å². The summed E-state index contributed by atoms with van der Waals surface area (Å²) in [7, 11) is 0. The molecule has 0 aliphatic carbocycles. The number of alkyl halides is 3. The van der Waals surface area contributed by atoms with E-state index in [1.807, 2.05) is 6.92 Å². The first kappa shape index (κ1) is 14.5. The molecule has 0 spiro atoms. The van der Waals surface area contributed by atoms with Crippen molar-refractivity contribution in [3.63, 3.8) is 0 Å². The number of rotatable bonds is 5. The highest BCUT2D eigenvalue weighted by Crippen LogP contribution is 2.21. The SMILES string of the molecule is CCCn1ccc(=O)n(CCCC(F)(F)F)c1=O. The Morgan fingerprint density at radius 3 is 2.44 bits per heavy atom. The van der Waals surface area contributed by atoms with E-state index in [1.54, 1.807) is 0 Å². The lowest BCUT2D eigenvalue weighted by molar-refractivity contribution is -0.136. The molecule has 1 aromatic heterocycles. The predicted molar refractivity (Wildman–Crippen MR) is 60.5 cm³/mol. The summed E-state index contributed by atoms with van der Waals surface area (Å²) in [5.74, 6) is 0. The van der Waals surface area contributed by atoms with Gasteiger partial charge >= 0.3 is 11.9 Å². The Bertz CT molecular complexity index is 502. The van der Waals surface area contributed by atoms with Crippen LogP contribution in [0.1, 0.15) is 26.2 Å². The molecule has 0 fully saturated rings. The molecule has 18 heavy (non-hydrogen) atoms. The van der Waals surface area contributed by atoms with Crippen LogP contribution in [-0.2, 0) is 13.1 Å². The van der Waals surface area contributed by atoms with E-state index in [-0.39, 0.29) is 13.0 Å². The third-order valence-corrected chi connectivity index (χ3v) is 2.45. The third kappa shape index (κ3) is 4.05. The molecule has 0 aliphatic heterocycles. The maximum Gasteiger partial charge on any atom is 0.389 e. The number of aromatic nitrogens is 2. The van der Waals surface area contributed by atoms with Crippen LogP contribution in [-0.4, -0.2) is 15.3 Å². The van der Waals surface area contributed by atoms with Crippen molar-refractivity contribution in [1.29, 1.82) is 0 Å². The van der Waals surface area contributed by atoms with Crippen molar-refractivity contribution in [2.45, 2.75) is 45.5 Å². The molecule has 1 heterocycles.